The summed E-state index contributed by atoms with van der Waals surface area (Å²) in [6, 6.07) is 19.5. The molecule has 1 heterocycles. The molecule has 1 aliphatic carbocycles. The number of rotatable bonds is 4. The first-order chi connectivity index (χ1) is 12.7. The van der Waals surface area contributed by atoms with E-state index in [1.807, 2.05) is 60.7 Å². The smallest absolute Gasteiger partial charge is 0.325 e. The average molecular weight is 350 g/mol. The molecule has 0 unspecified atom stereocenters. The van der Waals surface area contributed by atoms with Crippen molar-refractivity contribution in [2.24, 2.45) is 11.3 Å². The molecular formula is C22H22O4. The van der Waals surface area contributed by atoms with Crippen LogP contribution in [0.15, 0.2) is 60.7 Å². The summed E-state index contributed by atoms with van der Waals surface area (Å²) in [4.78, 5) is 26.0. The number of fused-ring (bicyclic) bond motifs is 1. The quantitative estimate of drug-likeness (QED) is 0.621. The van der Waals surface area contributed by atoms with Crippen molar-refractivity contribution in [2.75, 3.05) is 6.61 Å². The molecule has 0 amide bonds. The van der Waals surface area contributed by atoms with Crippen LogP contribution in [-0.2, 0) is 24.7 Å². The molecule has 2 atom stereocenters. The summed E-state index contributed by atoms with van der Waals surface area (Å²) in [7, 11) is 0. The molecule has 2 aromatic rings. The lowest BCUT2D eigenvalue weighted by Gasteiger charge is -2.35. The Bertz CT molecular complexity index is 775. The number of carbonyl (C=O) groups excluding carboxylic acids is 2. The number of carbonyl (C=O) groups is 2. The summed E-state index contributed by atoms with van der Waals surface area (Å²) in [5.41, 5.74) is -0.361. The molecule has 1 aliphatic heterocycles. The van der Waals surface area contributed by atoms with Gasteiger partial charge in [-0.1, -0.05) is 67.1 Å². The van der Waals surface area contributed by atoms with Crippen molar-refractivity contribution in [1.82, 2.24) is 0 Å². The second-order valence-electron chi connectivity index (χ2n) is 6.99. The number of ether oxygens (including phenoxy) is 2. The van der Waals surface area contributed by atoms with Gasteiger partial charge >= 0.3 is 11.9 Å². The van der Waals surface area contributed by atoms with E-state index in [9.17, 15) is 9.59 Å². The van der Waals surface area contributed by atoms with Gasteiger partial charge in [0.05, 0.1) is 6.61 Å². The third-order valence-electron chi connectivity index (χ3n) is 5.81. The van der Waals surface area contributed by atoms with Gasteiger partial charge < -0.3 is 9.47 Å². The Morgan fingerprint density at radius 2 is 1.65 bits per heavy atom. The molecule has 2 aliphatic rings. The second kappa shape index (κ2) is 6.27. The third-order valence-corrected chi connectivity index (χ3v) is 5.81. The van der Waals surface area contributed by atoms with Gasteiger partial charge in [-0.3, -0.25) is 9.59 Å². The van der Waals surface area contributed by atoms with E-state index >= 15 is 0 Å². The molecule has 1 saturated heterocycles. The molecule has 0 aromatic heterocycles. The summed E-state index contributed by atoms with van der Waals surface area (Å²) in [6.07, 6.45) is 2.03. The maximum Gasteiger partial charge on any atom is 0.325 e. The zero-order valence-corrected chi connectivity index (χ0v) is 14.8. The number of esters is 2. The highest BCUT2D eigenvalue weighted by Gasteiger charge is 2.71. The van der Waals surface area contributed by atoms with Crippen molar-refractivity contribution in [3.63, 3.8) is 0 Å². The maximum absolute atomic E-state index is 13.1. The van der Waals surface area contributed by atoms with E-state index in [0.717, 1.165) is 24.0 Å². The Morgan fingerprint density at radius 1 is 1.08 bits per heavy atom. The van der Waals surface area contributed by atoms with E-state index in [-0.39, 0.29) is 12.5 Å². The first kappa shape index (κ1) is 16.8. The largest absolute Gasteiger partial charge is 0.465 e. The van der Waals surface area contributed by atoms with Crippen LogP contribution in [-0.4, -0.2) is 18.5 Å². The predicted molar refractivity (Wildman–Crippen MR) is 96.2 cm³/mol. The van der Waals surface area contributed by atoms with Crippen molar-refractivity contribution >= 4 is 11.9 Å². The molecule has 0 N–H and O–H groups in total. The maximum atomic E-state index is 13.1. The van der Waals surface area contributed by atoms with Crippen LogP contribution in [0.3, 0.4) is 0 Å². The van der Waals surface area contributed by atoms with Crippen LogP contribution in [0.2, 0.25) is 0 Å². The molecule has 1 saturated carbocycles. The van der Waals surface area contributed by atoms with Gasteiger partial charge in [0.2, 0.25) is 0 Å². The van der Waals surface area contributed by atoms with Gasteiger partial charge in [0, 0.05) is 17.0 Å². The van der Waals surface area contributed by atoms with Crippen LogP contribution >= 0.6 is 0 Å². The van der Waals surface area contributed by atoms with Crippen LogP contribution < -0.4 is 0 Å². The van der Waals surface area contributed by atoms with E-state index in [0.29, 0.717) is 6.42 Å². The molecule has 0 radical (unpaired) electrons. The minimum absolute atomic E-state index is 0.254. The van der Waals surface area contributed by atoms with Crippen molar-refractivity contribution in [1.29, 1.82) is 0 Å². The Kier molecular flexibility index (Phi) is 4.06. The molecule has 2 fully saturated rings. The van der Waals surface area contributed by atoms with E-state index in [1.54, 1.807) is 6.92 Å². The van der Waals surface area contributed by atoms with Crippen molar-refractivity contribution < 1.29 is 19.1 Å². The van der Waals surface area contributed by atoms with Gasteiger partial charge in [0.25, 0.3) is 0 Å². The SMILES string of the molecule is CCOC(=O)[C@@]12CCC[C@@H]1C(c1ccccc1)(c1ccccc1)OC2=O. The van der Waals surface area contributed by atoms with Gasteiger partial charge in [0.1, 0.15) is 0 Å². The number of benzene rings is 2. The summed E-state index contributed by atoms with van der Waals surface area (Å²) < 4.78 is 11.4. The lowest BCUT2D eigenvalue weighted by molar-refractivity contribution is -0.166. The van der Waals surface area contributed by atoms with Crippen LogP contribution in [0.25, 0.3) is 0 Å². The molecule has 134 valence electrons. The Balaban J connectivity index is 1.94. The van der Waals surface area contributed by atoms with E-state index < -0.39 is 23.0 Å². The van der Waals surface area contributed by atoms with Crippen LogP contribution in [0, 0.1) is 11.3 Å². The lowest BCUT2D eigenvalue weighted by atomic mass is 9.67. The Morgan fingerprint density at radius 3 is 2.19 bits per heavy atom. The molecular weight excluding hydrogens is 328 g/mol. The molecule has 4 nitrogen and oxygen atoms in total. The van der Waals surface area contributed by atoms with Crippen molar-refractivity contribution in [2.45, 2.75) is 31.8 Å². The second-order valence-corrected chi connectivity index (χ2v) is 6.99. The minimum atomic E-state index is -1.21. The topological polar surface area (TPSA) is 52.6 Å². The summed E-state index contributed by atoms with van der Waals surface area (Å²) in [5.74, 6) is -1.17. The van der Waals surface area contributed by atoms with E-state index in [4.69, 9.17) is 9.47 Å². The van der Waals surface area contributed by atoms with Gasteiger partial charge in [-0.15, -0.1) is 0 Å². The van der Waals surface area contributed by atoms with E-state index in [1.165, 1.54) is 0 Å². The van der Waals surface area contributed by atoms with Crippen LogP contribution in [0.4, 0.5) is 0 Å². The zero-order chi connectivity index (χ0) is 18.2. The summed E-state index contributed by atoms with van der Waals surface area (Å²) in [5, 5.41) is 0. The fourth-order valence-electron chi connectivity index (χ4n) is 4.75. The van der Waals surface area contributed by atoms with Crippen molar-refractivity contribution in [3.05, 3.63) is 71.8 Å². The Labute approximate surface area is 153 Å². The molecule has 0 bridgehead atoms. The normalized spacial score (nSPS) is 26.2. The molecule has 4 rings (SSSR count). The van der Waals surface area contributed by atoms with Gasteiger partial charge in [0.15, 0.2) is 11.0 Å². The number of hydrogen-bond donors (Lipinski definition) is 0. The summed E-state index contributed by atoms with van der Waals surface area (Å²) >= 11 is 0. The zero-order valence-electron chi connectivity index (χ0n) is 14.8. The first-order valence-electron chi connectivity index (χ1n) is 9.18. The lowest BCUT2D eigenvalue weighted by Crippen LogP contribution is -2.43. The van der Waals surface area contributed by atoms with Gasteiger partial charge in [-0.25, -0.2) is 0 Å². The first-order valence-corrected chi connectivity index (χ1v) is 9.18. The van der Waals surface area contributed by atoms with Gasteiger partial charge in [-0.05, 0) is 19.8 Å². The number of cyclic esters (lactones) is 1. The summed E-state index contributed by atoms with van der Waals surface area (Å²) in [6.45, 7) is 2.02. The highest BCUT2D eigenvalue weighted by molar-refractivity contribution is 6.03. The molecule has 4 heteroatoms. The molecule has 26 heavy (non-hydrogen) atoms. The molecule has 0 spiro atoms. The van der Waals surface area contributed by atoms with E-state index in [2.05, 4.69) is 0 Å². The number of hydrogen-bond acceptors (Lipinski definition) is 4. The van der Waals surface area contributed by atoms with Crippen LogP contribution in [0.1, 0.15) is 37.3 Å². The van der Waals surface area contributed by atoms with Gasteiger partial charge in [-0.2, -0.15) is 0 Å². The fraction of sp³-hybridized carbons (Fsp3) is 0.364. The standard InChI is InChI=1S/C22H22O4/c1-2-25-19(23)21-15-9-14-18(21)22(26-20(21)24,16-10-5-3-6-11-16)17-12-7-4-8-13-17/h3-8,10-13,18H,2,9,14-15H2,1H3/t18-,21+/m0/s1. The highest BCUT2D eigenvalue weighted by atomic mass is 16.6. The third kappa shape index (κ3) is 2.14. The fourth-order valence-corrected chi connectivity index (χ4v) is 4.75. The minimum Gasteiger partial charge on any atom is -0.465 e. The predicted octanol–water partition coefficient (Wildman–Crippen LogP) is 3.84. The average Bonchev–Trinajstić information content (AvgIpc) is 3.23. The van der Waals surface area contributed by atoms with Crippen molar-refractivity contribution in [3.8, 4) is 0 Å². The monoisotopic (exact) mass is 350 g/mol. The Hall–Kier alpha value is -2.62. The van der Waals surface area contributed by atoms with Crippen LogP contribution in [0.5, 0.6) is 0 Å². The highest BCUT2D eigenvalue weighted by Crippen LogP contribution is 2.62. The molecule has 2 aromatic carbocycles.